The second-order valence-corrected chi connectivity index (χ2v) is 8.58. The van der Waals surface area contributed by atoms with Gasteiger partial charge in [0.15, 0.2) is 0 Å². The number of fused-ring (bicyclic) bond motifs is 1. The molecule has 2 aromatic rings. The number of aliphatic hydroxyl groups excluding tert-OH is 2. The molecule has 3 rings (SSSR count). The highest BCUT2D eigenvalue weighted by molar-refractivity contribution is 5.94. The molecule has 5 atom stereocenters. The minimum Gasteiger partial charge on any atom is -0.480 e. The Bertz CT molecular complexity index is 1060. The van der Waals surface area contributed by atoms with Gasteiger partial charge in [0.05, 0.1) is 18.8 Å². The van der Waals surface area contributed by atoms with Gasteiger partial charge in [0.2, 0.25) is 17.7 Å². The van der Waals surface area contributed by atoms with E-state index in [0.29, 0.717) is 18.5 Å². The fourth-order valence-electron chi connectivity index (χ4n) is 4.02. The average molecular weight is 490 g/mol. The van der Waals surface area contributed by atoms with Crippen molar-refractivity contribution >= 4 is 34.6 Å². The van der Waals surface area contributed by atoms with Crippen LogP contribution in [-0.4, -0.2) is 87.4 Å². The number of aromatic nitrogens is 1. The summed E-state index contributed by atoms with van der Waals surface area (Å²) in [6, 6.07) is 2.64. The van der Waals surface area contributed by atoms with Crippen molar-refractivity contribution in [2.45, 2.75) is 56.5 Å². The molecule has 0 saturated carbocycles. The number of H-pyrrole nitrogens is 1. The van der Waals surface area contributed by atoms with E-state index in [2.05, 4.69) is 26.3 Å². The topological polar surface area (TPSA) is 193 Å². The van der Waals surface area contributed by atoms with Gasteiger partial charge < -0.3 is 41.6 Å². The molecule has 1 saturated heterocycles. The van der Waals surface area contributed by atoms with E-state index < -0.39 is 60.6 Å². The number of aliphatic carboxylic acids is 1. The molecule has 2 heterocycles. The molecule has 5 unspecified atom stereocenters. The van der Waals surface area contributed by atoms with Crippen LogP contribution in [0.5, 0.6) is 0 Å². The number of carboxylic acid groups (broad SMARTS) is 1. The zero-order valence-electron chi connectivity index (χ0n) is 19.3. The molecule has 1 aliphatic rings. The van der Waals surface area contributed by atoms with Gasteiger partial charge in [0.25, 0.3) is 0 Å². The molecule has 3 amide bonds. The molecule has 12 nitrogen and oxygen atoms in total. The van der Waals surface area contributed by atoms with Gasteiger partial charge in [-0.2, -0.15) is 0 Å². The number of aliphatic hydroxyl groups is 2. The number of carboxylic acids is 1. The zero-order chi connectivity index (χ0) is 25.5. The normalized spacial score (nSPS) is 18.9. The molecule has 0 bridgehead atoms. The lowest BCUT2D eigenvalue weighted by Gasteiger charge is -2.25. The van der Waals surface area contributed by atoms with E-state index in [0.717, 1.165) is 17.3 Å². The van der Waals surface area contributed by atoms with Crippen molar-refractivity contribution in [2.75, 3.05) is 13.2 Å². The number of carbonyl (C=O) groups is 4. The van der Waals surface area contributed by atoms with Crippen LogP contribution >= 0.6 is 0 Å². The molecule has 35 heavy (non-hydrogen) atoms. The molecule has 1 aromatic heterocycles. The first-order valence-corrected chi connectivity index (χ1v) is 11.4. The summed E-state index contributed by atoms with van der Waals surface area (Å²) >= 11 is 0. The largest absolute Gasteiger partial charge is 0.480 e. The van der Waals surface area contributed by atoms with Gasteiger partial charge in [-0.25, -0.2) is 4.79 Å². The third-order valence-electron chi connectivity index (χ3n) is 5.97. The number of carbonyl (C=O) groups excluding carboxylic acids is 3. The van der Waals surface area contributed by atoms with E-state index in [-0.39, 0.29) is 6.42 Å². The molecule has 1 fully saturated rings. The highest BCUT2D eigenvalue weighted by Crippen LogP contribution is 2.19. The summed E-state index contributed by atoms with van der Waals surface area (Å²) in [4.78, 5) is 52.6. The molecule has 0 spiro atoms. The fourth-order valence-corrected chi connectivity index (χ4v) is 4.02. The van der Waals surface area contributed by atoms with Crippen LogP contribution in [0.25, 0.3) is 10.9 Å². The summed E-state index contributed by atoms with van der Waals surface area (Å²) < 4.78 is 0. The lowest BCUT2D eigenvalue weighted by Crippen LogP contribution is -2.60. The second kappa shape index (κ2) is 11.8. The zero-order valence-corrected chi connectivity index (χ0v) is 19.3. The predicted molar refractivity (Wildman–Crippen MR) is 125 cm³/mol. The Morgan fingerprint density at radius 3 is 2.43 bits per heavy atom. The van der Waals surface area contributed by atoms with Crippen molar-refractivity contribution in [1.82, 2.24) is 26.3 Å². The van der Waals surface area contributed by atoms with Gasteiger partial charge in [-0.05, 0) is 37.9 Å². The summed E-state index contributed by atoms with van der Waals surface area (Å²) in [6.07, 6.45) is 1.75. The first-order chi connectivity index (χ1) is 16.7. The second-order valence-electron chi connectivity index (χ2n) is 8.58. The van der Waals surface area contributed by atoms with Crippen molar-refractivity contribution in [1.29, 1.82) is 0 Å². The van der Waals surface area contributed by atoms with Gasteiger partial charge in [-0.3, -0.25) is 14.4 Å². The van der Waals surface area contributed by atoms with Crippen LogP contribution in [-0.2, 0) is 25.6 Å². The number of amides is 3. The summed E-state index contributed by atoms with van der Waals surface area (Å²) in [7, 11) is 0. The number of rotatable bonds is 11. The minimum absolute atomic E-state index is 0.0298. The van der Waals surface area contributed by atoms with Crippen LogP contribution in [0.4, 0.5) is 0 Å². The van der Waals surface area contributed by atoms with E-state index in [1.54, 1.807) is 6.20 Å². The lowest BCUT2D eigenvalue weighted by molar-refractivity contribution is -0.142. The highest BCUT2D eigenvalue weighted by atomic mass is 16.4. The maximum absolute atomic E-state index is 12.7. The molecule has 12 heteroatoms. The van der Waals surface area contributed by atoms with Gasteiger partial charge in [-0.1, -0.05) is 18.2 Å². The molecule has 190 valence electrons. The lowest BCUT2D eigenvalue weighted by atomic mass is 10.0. The van der Waals surface area contributed by atoms with Crippen molar-refractivity contribution in [3.8, 4) is 0 Å². The number of aromatic amines is 1. The van der Waals surface area contributed by atoms with Crippen molar-refractivity contribution in [3.63, 3.8) is 0 Å². The summed E-state index contributed by atoms with van der Waals surface area (Å²) in [5.41, 5.74) is 1.49. The SMILES string of the molecule is CC(O)C(NC(=O)C1CCCN1)C(=O)NC(CO)C(=O)NC(Cc1c[nH]c2ccccc12)C(=O)O. The fraction of sp³-hybridized carbons (Fsp3) is 0.478. The van der Waals surface area contributed by atoms with Gasteiger partial charge in [0.1, 0.15) is 18.1 Å². The maximum Gasteiger partial charge on any atom is 0.326 e. The van der Waals surface area contributed by atoms with E-state index in [1.807, 2.05) is 24.3 Å². The number of hydrogen-bond acceptors (Lipinski definition) is 7. The van der Waals surface area contributed by atoms with Gasteiger partial charge in [-0.15, -0.1) is 0 Å². The van der Waals surface area contributed by atoms with Crippen molar-refractivity contribution in [3.05, 3.63) is 36.0 Å². The molecule has 0 aliphatic carbocycles. The molecule has 1 aromatic carbocycles. The smallest absolute Gasteiger partial charge is 0.326 e. The molecule has 8 N–H and O–H groups in total. The maximum atomic E-state index is 12.7. The van der Waals surface area contributed by atoms with Crippen LogP contribution in [0.3, 0.4) is 0 Å². The summed E-state index contributed by atoms with van der Waals surface area (Å²) in [6.45, 7) is 1.16. The molecular weight excluding hydrogens is 458 g/mol. The Labute approximate surface area is 201 Å². The number of para-hydroxylation sites is 1. The monoisotopic (exact) mass is 489 g/mol. The van der Waals surface area contributed by atoms with Crippen LogP contribution < -0.4 is 21.3 Å². The Hall–Kier alpha value is -3.48. The third kappa shape index (κ3) is 6.56. The van der Waals surface area contributed by atoms with E-state index in [1.165, 1.54) is 6.92 Å². The van der Waals surface area contributed by atoms with E-state index >= 15 is 0 Å². The van der Waals surface area contributed by atoms with Gasteiger partial charge >= 0.3 is 5.97 Å². The van der Waals surface area contributed by atoms with Crippen LogP contribution in [0.1, 0.15) is 25.3 Å². The van der Waals surface area contributed by atoms with E-state index in [9.17, 15) is 34.5 Å². The minimum atomic E-state index is -1.49. The molecule has 0 radical (unpaired) electrons. The predicted octanol–water partition coefficient (Wildman–Crippen LogP) is -1.63. The van der Waals surface area contributed by atoms with Crippen molar-refractivity contribution < 1.29 is 34.5 Å². The Morgan fingerprint density at radius 2 is 1.80 bits per heavy atom. The Morgan fingerprint density at radius 1 is 1.09 bits per heavy atom. The first-order valence-electron chi connectivity index (χ1n) is 11.4. The van der Waals surface area contributed by atoms with Crippen LogP contribution in [0, 0.1) is 0 Å². The van der Waals surface area contributed by atoms with Gasteiger partial charge in [0, 0.05) is 23.5 Å². The number of nitrogens with one attached hydrogen (secondary N) is 5. The highest BCUT2D eigenvalue weighted by Gasteiger charge is 2.33. The van der Waals surface area contributed by atoms with Crippen LogP contribution in [0.2, 0.25) is 0 Å². The standard InChI is InChI=1S/C23H31N5O7/c1-12(30)19(28-20(31)16-7-4-8-24-16)22(33)27-18(11-29)21(32)26-17(23(34)35)9-13-10-25-15-6-3-2-5-14(13)15/h2-3,5-6,10,12,16-19,24-25,29-30H,4,7-9,11H2,1H3,(H,26,32)(H,27,33)(H,28,31)(H,34,35). The summed E-state index contributed by atoms with van der Waals surface area (Å²) in [5.74, 6) is -3.55. The van der Waals surface area contributed by atoms with Crippen LogP contribution in [0.15, 0.2) is 30.5 Å². The third-order valence-corrected chi connectivity index (χ3v) is 5.97. The number of hydrogen-bond donors (Lipinski definition) is 8. The summed E-state index contributed by atoms with van der Waals surface area (Å²) in [5, 5.41) is 40.2. The quantitative estimate of drug-likeness (QED) is 0.184. The average Bonchev–Trinajstić information content (AvgIpc) is 3.50. The Kier molecular flexibility index (Phi) is 8.79. The molecule has 1 aliphatic heterocycles. The molecular formula is C23H31N5O7. The number of benzene rings is 1. The van der Waals surface area contributed by atoms with Crippen molar-refractivity contribution in [2.24, 2.45) is 0 Å². The first kappa shape index (κ1) is 26.1. The Balaban J connectivity index is 1.64. The van der Waals surface area contributed by atoms with E-state index in [4.69, 9.17) is 0 Å².